The number of Topliss-reactive ketones (excluding diaryl/α,β-unsaturated/α-hetero) is 1. The number of rotatable bonds is 5. The number of aryl methyl sites for hydroxylation is 1. The van der Waals surface area contributed by atoms with E-state index in [0.717, 1.165) is 47.5 Å². The van der Waals surface area contributed by atoms with E-state index >= 15 is 0 Å². The van der Waals surface area contributed by atoms with Crippen molar-refractivity contribution in [1.82, 2.24) is 19.9 Å². The van der Waals surface area contributed by atoms with Crippen molar-refractivity contribution in [1.29, 1.82) is 0 Å². The van der Waals surface area contributed by atoms with Crippen LogP contribution in [0.3, 0.4) is 0 Å². The highest BCUT2D eigenvalue weighted by atomic mass is 35.5. The van der Waals surface area contributed by atoms with Crippen molar-refractivity contribution in [2.45, 2.75) is 38.6 Å². The molecule has 3 heterocycles. The summed E-state index contributed by atoms with van der Waals surface area (Å²) in [7, 11) is 2.13. The van der Waals surface area contributed by atoms with Gasteiger partial charge >= 0.3 is 0 Å². The second kappa shape index (κ2) is 8.02. The number of imidazole rings is 1. The lowest BCUT2D eigenvalue weighted by molar-refractivity contribution is -0.119. The van der Waals surface area contributed by atoms with E-state index < -0.39 is 0 Å². The first-order valence-corrected chi connectivity index (χ1v) is 10.1. The van der Waals surface area contributed by atoms with E-state index in [4.69, 9.17) is 16.6 Å². The predicted octanol–water partition coefficient (Wildman–Crippen LogP) is 4.50. The Bertz CT molecular complexity index is 982. The molecule has 1 saturated heterocycles. The van der Waals surface area contributed by atoms with Gasteiger partial charge in [0.05, 0.1) is 17.1 Å². The third kappa shape index (κ3) is 4.26. The van der Waals surface area contributed by atoms with Gasteiger partial charge in [0.15, 0.2) is 0 Å². The lowest BCUT2D eigenvalue weighted by Gasteiger charge is -2.35. The zero-order valence-corrected chi connectivity index (χ0v) is 17.0. The van der Waals surface area contributed by atoms with Gasteiger partial charge in [-0.15, -0.1) is 0 Å². The van der Waals surface area contributed by atoms with Crippen LogP contribution in [-0.4, -0.2) is 39.2 Å². The molecule has 1 fully saturated rings. The van der Waals surface area contributed by atoms with Gasteiger partial charge in [-0.2, -0.15) is 0 Å². The van der Waals surface area contributed by atoms with Crippen molar-refractivity contribution in [3.05, 3.63) is 58.6 Å². The number of likely N-dealkylation sites (tertiary alicyclic amines) is 1. The van der Waals surface area contributed by atoms with E-state index in [1.54, 1.807) is 0 Å². The molecular formula is C22H25ClN4O. The van der Waals surface area contributed by atoms with Gasteiger partial charge in [0.2, 0.25) is 0 Å². The molecule has 28 heavy (non-hydrogen) atoms. The van der Waals surface area contributed by atoms with Gasteiger partial charge in [0, 0.05) is 29.8 Å². The van der Waals surface area contributed by atoms with Crippen LogP contribution in [0.5, 0.6) is 0 Å². The smallest absolute Gasteiger partial charge is 0.137 e. The molecule has 0 aliphatic carbocycles. The van der Waals surface area contributed by atoms with Crippen LogP contribution < -0.4 is 0 Å². The molecule has 6 heteroatoms. The van der Waals surface area contributed by atoms with E-state index in [-0.39, 0.29) is 11.8 Å². The minimum Gasteiger partial charge on any atom is -0.341 e. The zero-order valence-electron chi connectivity index (χ0n) is 16.3. The number of piperidine rings is 1. The van der Waals surface area contributed by atoms with Crippen LogP contribution in [0.25, 0.3) is 11.0 Å². The molecule has 0 bridgehead atoms. The fourth-order valence-electron chi connectivity index (χ4n) is 4.05. The maximum absolute atomic E-state index is 12.6. The van der Waals surface area contributed by atoms with Gasteiger partial charge in [0.1, 0.15) is 11.6 Å². The van der Waals surface area contributed by atoms with Crippen LogP contribution in [0.2, 0.25) is 5.02 Å². The first kappa shape index (κ1) is 19.1. The number of nitrogens with one attached hydrogen (secondary N) is 1. The molecule has 0 spiro atoms. The third-order valence-electron chi connectivity index (χ3n) is 5.65. The molecule has 4 rings (SSSR count). The Kier molecular flexibility index (Phi) is 5.47. The van der Waals surface area contributed by atoms with Crippen LogP contribution in [0.4, 0.5) is 0 Å². The number of carbonyl (C=O) groups is 1. The Morgan fingerprint density at radius 1 is 1.32 bits per heavy atom. The molecule has 0 radical (unpaired) electrons. The van der Waals surface area contributed by atoms with Crippen molar-refractivity contribution in [3.8, 4) is 0 Å². The maximum atomic E-state index is 12.6. The number of benzene rings is 1. The highest BCUT2D eigenvalue weighted by molar-refractivity contribution is 6.31. The molecule has 0 unspecified atom stereocenters. The quantitative estimate of drug-likeness (QED) is 0.689. The van der Waals surface area contributed by atoms with Gasteiger partial charge in [-0.05, 0) is 69.1 Å². The number of aromatic nitrogens is 3. The Labute approximate surface area is 170 Å². The Balaban J connectivity index is 1.43. The van der Waals surface area contributed by atoms with E-state index in [1.165, 1.54) is 0 Å². The van der Waals surface area contributed by atoms with Gasteiger partial charge in [-0.1, -0.05) is 17.7 Å². The van der Waals surface area contributed by atoms with Crippen molar-refractivity contribution < 1.29 is 4.79 Å². The summed E-state index contributed by atoms with van der Waals surface area (Å²) in [4.78, 5) is 27.4. The number of pyridine rings is 1. The van der Waals surface area contributed by atoms with E-state index in [2.05, 4.69) is 21.9 Å². The fourth-order valence-corrected chi connectivity index (χ4v) is 4.22. The summed E-state index contributed by atoms with van der Waals surface area (Å²) in [6.45, 7) is 2.92. The Morgan fingerprint density at radius 3 is 2.96 bits per heavy atom. The normalized spacial score (nSPS) is 20.5. The summed E-state index contributed by atoms with van der Waals surface area (Å²) in [5, 5.41) is 0.703. The minimum absolute atomic E-state index is 0.193. The third-order valence-corrected chi connectivity index (χ3v) is 5.88. The SMILES string of the molecule is Cc1ccc(CC(=O)C[C@@H]2CCN(C)[C@@H](c3nc4ccc(Cl)cc4[nH]3)C2)cn1. The molecule has 1 N–H and O–H groups in total. The molecule has 5 nitrogen and oxygen atoms in total. The monoisotopic (exact) mass is 396 g/mol. The molecule has 2 aromatic heterocycles. The van der Waals surface area contributed by atoms with Crippen LogP contribution in [0.15, 0.2) is 36.5 Å². The topological polar surface area (TPSA) is 61.9 Å². The largest absolute Gasteiger partial charge is 0.341 e. The van der Waals surface area contributed by atoms with Crippen LogP contribution in [-0.2, 0) is 11.2 Å². The molecule has 2 atom stereocenters. The Morgan fingerprint density at radius 2 is 2.18 bits per heavy atom. The molecule has 1 aliphatic heterocycles. The molecule has 146 valence electrons. The van der Waals surface area contributed by atoms with Crippen molar-refractivity contribution in [3.63, 3.8) is 0 Å². The number of carbonyl (C=O) groups excluding carboxylic acids is 1. The molecular weight excluding hydrogens is 372 g/mol. The number of aromatic amines is 1. The minimum atomic E-state index is 0.193. The van der Waals surface area contributed by atoms with E-state index in [9.17, 15) is 4.79 Å². The lowest BCUT2D eigenvalue weighted by atomic mass is 9.86. The number of hydrogen-bond acceptors (Lipinski definition) is 4. The average molecular weight is 397 g/mol. The average Bonchev–Trinajstić information content (AvgIpc) is 3.08. The number of H-pyrrole nitrogens is 1. The van der Waals surface area contributed by atoms with Crippen LogP contribution >= 0.6 is 11.6 Å². The summed E-state index contributed by atoms with van der Waals surface area (Å²) >= 11 is 6.10. The highest BCUT2D eigenvalue weighted by Crippen LogP contribution is 2.34. The summed E-state index contributed by atoms with van der Waals surface area (Å²) in [6.07, 6.45) is 4.86. The van der Waals surface area contributed by atoms with Crippen molar-refractivity contribution in [2.75, 3.05) is 13.6 Å². The first-order valence-electron chi connectivity index (χ1n) is 9.76. The first-order chi connectivity index (χ1) is 13.5. The highest BCUT2D eigenvalue weighted by Gasteiger charge is 2.30. The van der Waals surface area contributed by atoms with Gasteiger partial charge in [-0.25, -0.2) is 4.98 Å². The number of halogens is 1. The summed E-state index contributed by atoms with van der Waals surface area (Å²) < 4.78 is 0. The van der Waals surface area contributed by atoms with Crippen LogP contribution in [0, 0.1) is 12.8 Å². The predicted molar refractivity (Wildman–Crippen MR) is 112 cm³/mol. The number of nitrogens with zero attached hydrogens (tertiary/aromatic N) is 3. The molecule has 0 amide bonds. The molecule has 1 aliphatic rings. The van der Waals surface area contributed by atoms with Gasteiger partial charge in [0.25, 0.3) is 0 Å². The standard InChI is InChI=1S/C22H25ClN4O/c1-14-3-4-16(13-24-14)10-18(28)9-15-7-8-27(2)21(11-15)22-25-19-6-5-17(23)12-20(19)26-22/h3-6,12-13,15,21H,7-11H2,1-2H3,(H,25,26)/t15-,21+/m0/s1. The van der Waals surface area contributed by atoms with Gasteiger partial charge < -0.3 is 4.98 Å². The Hall–Kier alpha value is -2.24. The summed E-state index contributed by atoms with van der Waals surface area (Å²) in [5.41, 5.74) is 3.86. The van der Waals surface area contributed by atoms with Crippen molar-refractivity contribution in [2.24, 2.45) is 5.92 Å². The van der Waals surface area contributed by atoms with Crippen molar-refractivity contribution >= 4 is 28.4 Å². The van der Waals surface area contributed by atoms with Crippen LogP contribution in [0.1, 0.15) is 42.4 Å². The van der Waals surface area contributed by atoms with Gasteiger partial charge in [-0.3, -0.25) is 14.7 Å². The zero-order chi connectivity index (χ0) is 19.7. The second-order valence-corrected chi connectivity index (χ2v) is 8.33. The second-order valence-electron chi connectivity index (χ2n) is 7.90. The molecule has 3 aromatic rings. The summed E-state index contributed by atoms with van der Waals surface area (Å²) in [6, 6.07) is 9.86. The number of ketones is 1. The lowest BCUT2D eigenvalue weighted by Crippen LogP contribution is -2.35. The number of hydrogen-bond donors (Lipinski definition) is 1. The molecule has 1 aromatic carbocycles. The number of fused-ring (bicyclic) bond motifs is 1. The fraction of sp³-hybridized carbons (Fsp3) is 0.409. The maximum Gasteiger partial charge on any atom is 0.137 e. The molecule has 0 saturated carbocycles. The summed E-state index contributed by atoms with van der Waals surface area (Å²) in [5.74, 6) is 1.62. The van der Waals surface area contributed by atoms with E-state index in [0.29, 0.717) is 23.8 Å². The van der Waals surface area contributed by atoms with E-state index in [1.807, 2.05) is 43.5 Å².